The molecule has 1 saturated heterocycles. The van der Waals surface area contributed by atoms with Crippen LogP contribution < -0.4 is 4.90 Å². The number of thiazole rings is 1. The summed E-state index contributed by atoms with van der Waals surface area (Å²) >= 11 is 3.02. The highest BCUT2D eigenvalue weighted by molar-refractivity contribution is 8.00. The van der Waals surface area contributed by atoms with Gasteiger partial charge in [0.15, 0.2) is 5.13 Å². The fourth-order valence-electron chi connectivity index (χ4n) is 3.10. The summed E-state index contributed by atoms with van der Waals surface area (Å²) < 4.78 is 1.03. The zero-order chi connectivity index (χ0) is 19.7. The van der Waals surface area contributed by atoms with Gasteiger partial charge in [0.05, 0.1) is 27.5 Å². The third kappa shape index (κ3) is 3.77. The van der Waals surface area contributed by atoms with Crippen LogP contribution in [0.25, 0.3) is 10.2 Å². The first kappa shape index (κ1) is 19.0. The average molecular weight is 412 g/mol. The average Bonchev–Trinajstić information content (AvgIpc) is 3.28. The number of anilines is 2. The molecule has 5 nitrogen and oxygen atoms in total. The Morgan fingerprint density at radius 3 is 2.57 bits per heavy atom. The molecule has 1 aliphatic rings. The van der Waals surface area contributed by atoms with Crippen LogP contribution in [0.5, 0.6) is 0 Å². The largest absolute Gasteiger partial charge is 0.323 e. The van der Waals surface area contributed by atoms with E-state index in [0.717, 1.165) is 15.9 Å². The molecular weight excluding hydrogens is 390 g/mol. The molecule has 4 rings (SSSR count). The molecule has 1 aliphatic heterocycles. The van der Waals surface area contributed by atoms with E-state index >= 15 is 0 Å². The van der Waals surface area contributed by atoms with Gasteiger partial charge < -0.3 is 4.90 Å². The standard InChI is InChI=1S/C21H21N3O2S2/c1-14(2)15-7-9-16(10-8-15)24(19(25)11-23-13-27-12-20(23)26)21-22-17-5-3-4-6-18(17)28-21/h3-10,14H,11-13H2,1-2H3. The van der Waals surface area contributed by atoms with Crippen molar-refractivity contribution in [3.05, 3.63) is 54.1 Å². The van der Waals surface area contributed by atoms with Gasteiger partial charge in [-0.2, -0.15) is 0 Å². The lowest BCUT2D eigenvalue weighted by atomic mass is 10.0. The number of nitrogens with zero attached hydrogens (tertiary/aromatic N) is 3. The summed E-state index contributed by atoms with van der Waals surface area (Å²) in [7, 11) is 0. The lowest BCUT2D eigenvalue weighted by Crippen LogP contribution is -2.39. The van der Waals surface area contributed by atoms with Crippen LogP contribution in [0, 0.1) is 0 Å². The lowest BCUT2D eigenvalue weighted by Gasteiger charge is -2.23. The first-order valence-electron chi connectivity index (χ1n) is 9.17. The number of para-hydroxylation sites is 1. The molecule has 0 atom stereocenters. The maximum absolute atomic E-state index is 13.2. The first-order chi connectivity index (χ1) is 13.5. The molecule has 3 aromatic rings. The van der Waals surface area contributed by atoms with Crippen molar-refractivity contribution >= 4 is 55.9 Å². The maximum atomic E-state index is 13.2. The van der Waals surface area contributed by atoms with E-state index < -0.39 is 0 Å². The molecule has 0 radical (unpaired) electrons. The topological polar surface area (TPSA) is 53.5 Å². The summed E-state index contributed by atoms with van der Waals surface area (Å²) in [5.74, 6) is 1.28. The van der Waals surface area contributed by atoms with Crippen LogP contribution in [0.15, 0.2) is 48.5 Å². The molecule has 2 amide bonds. The van der Waals surface area contributed by atoms with Crippen molar-refractivity contribution in [1.29, 1.82) is 0 Å². The number of carbonyl (C=O) groups excluding carboxylic acids is 2. The Hall–Kier alpha value is -2.38. The van der Waals surface area contributed by atoms with Crippen LogP contribution in [0.1, 0.15) is 25.3 Å². The zero-order valence-electron chi connectivity index (χ0n) is 15.8. The summed E-state index contributed by atoms with van der Waals surface area (Å²) in [6.07, 6.45) is 0. The third-order valence-electron chi connectivity index (χ3n) is 4.69. The number of carbonyl (C=O) groups is 2. The van der Waals surface area contributed by atoms with Crippen molar-refractivity contribution < 1.29 is 9.59 Å². The monoisotopic (exact) mass is 411 g/mol. The Balaban J connectivity index is 1.71. The van der Waals surface area contributed by atoms with Crippen LogP contribution in [0.2, 0.25) is 0 Å². The number of benzene rings is 2. The molecule has 0 saturated carbocycles. The Bertz CT molecular complexity index is 981. The van der Waals surface area contributed by atoms with E-state index in [1.807, 2.05) is 48.5 Å². The van der Waals surface area contributed by atoms with E-state index in [1.54, 1.807) is 9.80 Å². The van der Waals surface area contributed by atoms with Gasteiger partial charge in [-0.3, -0.25) is 14.5 Å². The molecular formula is C21H21N3O2S2. The molecule has 1 fully saturated rings. The van der Waals surface area contributed by atoms with Crippen molar-refractivity contribution in [2.24, 2.45) is 0 Å². The number of amides is 2. The molecule has 7 heteroatoms. The lowest BCUT2D eigenvalue weighted by molar-refractivity contribution is -0.131. The molecule has 2 heterocycles. The maximum Gasteiger partial charge on any atom is 0.253 e. The van der Waals surface area contributed by atoms with E-state index in [0.29, 0.717) is 22.7 Å². The number of rotatable bonds is 5. The molecule has 0 spiro atoms. The van der Waals surface area contributed by atoms with Gasteiger partial charge in [-0.1, -0.05) is 49.4 Å². The molecule has 0 bridgehead atoms. The van der Waals surface area contributed by atoms with Crippen molar-refractivity contribution in [3.8, 4) is 0 Å². The first-order valence-corrected chi connectivity index (χ1v) is 11.1. The number of fused-ring (bicyclic) bond motifs is 1. The number of hydrogen-bond acceptors (Lipinski definition) is 5. The minimum Gasteiger partial charge on any atom is -0.323 e. The van der Waals surface area contributed by atoms with Gasteiger partial charge in [-0.15, -0.1) is 11.8 Å². The third-order valence-corrected chi connectivity index (χ3v) is 6.66. The molecule has 144 valence electrons. The van der Waals surface area contributed by atoms with Gasteiger partial charge in [0, 0.05) is 0 Å². The zero-order valence-corrected chi connectivity index (χ0v) is 17.4. The highest BCUT2D eigenvalue weighted by Gasteiger charge is 2.28. The molecule has 2 aromatic carbocycles. The predicted molar refractivity (Wildman–Crippen MR) is 116 cm³/mol. The number of aromatic nitrogens is 1. The molecule has 0 N–H and O–H groups in total. The summed E-state index contributed by atoms with van der Waals surface area (Å²) in [5.41, 5.74) is 2.85. The predicted octanol–water partition coefficient (Wildman–Crippen LogP) is 4.62. The van der Waals surface area contributed by atoms with E-state index in [-0.39, 0.29) is 18.4 Å². The van der Waals surface area contributed by atoms with Gasteiger partial charge in [0.2, 0.25) is 5.91 Å². The Morgan fingerprint density at radius 2 is 1.93 bits per heavy atom. The minimum atomic E-state index is -0.146. The molecule has 0 aliphatic carbocycles. The van der Waals surface area contributed by atoms with Crippen molar-refractivity contribution in [3.63, 3.8) is 0 Å². The van der Waals surface area contributed by atoms with Crippen LogP contribution in [0.4, 0.5) is 10.8 Å². The Labute approximate surface area is 172 Å². The summed E-state index contributed by atoms with van der Waals surface area (Å²) in [5, 5.41) is 0.628. The minimum absolute atomic E-state index is 0.0118. The molecule has 28 heavy (non-hydrogen) atoms. The second-order valence-corrected chi connectivity index (χ2v) is 8.97. The van der Waals surface area contributed by atoms with Crippen molar-refractivity contribution in [2.75, 3.05) is 23.1 Å². The van der Waals surface area contributed by atoms with Crippen LogP contribution >= 0.6 is 23.1 Å². The normalized spacial score (nSPS) is 14.2. The van der Waals surface area contributed by atoms with E-state index in [4.69, 9.17) is 0 Å². The van der Waals surface area contributed by atoms with Crippen LogP contribution in [-0.4, -0.2) is 39.9 Å². The smallest absolute Gasteiger partial charge is 0.253 e. The summed E-state index contributed by atoms with van der Waals surface area (Å²) in [6, 6.07) is 15.9. The Kier molecular flexibility index (Phi) is 5.37. The van der Waals surface area contributed by atoms with Gasteiger partial charge in [-0.05, 0) is 35.7 Å². The van der Waals surface area contributed by atoms with Crippen LogP contribution in [-0.2, 0) is 9.59 Å². The van der Waals surface area contributed by atoms with Gasteiger partial charge in [-0.25, -0.2) is 4.98 Å². The van der Waals surface area contributed by atoms with Crippen molar-refractivity contribution in [1.82, 2.24) is 9.88 Å². The number of hydrogen-bond donors (Lipinski definition) is 0. The van der Waals surface area contributed by atoms with Gasteiger partial charge in [0.25, 0.3) is 5.91 Å². The van der Waals surface area contributed by atoms with Gasteiger partial charge >= 0.3 is 0 Å². The van der Waals surface area contributed by atoms with Crippen molar-refractivity contribution in [2.45, 2.75) is 19.8 Å². The molecule has 0 unspecified atom stereocenters. The van der Waals surface area contributed by atoms with Crippen LogP contribution in [0.3, 0.4) is 0 Å². The quantitative estimate of drug-likeness (QED) is 0.615. The van der Waals surface area contributed by atoms with E-state index in [1.165, 1.54) is 28.7 Å². The Morgan fingerprint density at radius 1 is 1.18 bits per heavy atom. The summed E-state index contributed by atoms with van der Waals surface area (Å²) in [6.45, 7) is 4.35. The second kappa shape index (κ2) is 7.93. The second-order valence-electron chi connectivity index (χ2n) is 7.01. The fraction of sp³-hybridized carbons (Fsp3) is 0.286. The van der Waals surface area contributed by atoms with Gasteiger partial charge in [0.1, 0.15) is 6.54 Å². The fourth-order valence-corrected chi connectivity index (χ4v) is 5.01. The van der Waals surface area contributed by atoms with E-state index in [9.17, 15) is 9.59 Å². The highest BCUT2D eigenvalue weighted by Crippen LogP contribution is 2.34. The highest BCUT2D eigenvalue weighted by atomic mass is 32.2. The SMILES string of the molecule is CC(C)c1ccc(N(C(=O)CN2CSCC2=O)c2nc3ccccc3s2)cc1. The molecule has 1 aromatic heterocycles. The summed E-state index contributed by atoms with van der Waals surface area (Å²) in [4.78, 5) is 33.1. The number of thioether (sulfide) groups is 1. The van der Waals surface area contributed by atoms with E-state index in [2.05, 4.69) is 18.8 Å².